The molecule has 4 aromatic rings. The van der Waals surface area contributed by atoms with Crippen molar-refractivity contribution in [1.82, 2.24) is 14.8 Å². The van der Waals surface area contributed by atoms with Crippen LogP contribution in [-0.2, 0) is 24.4 Å². The maximum Gasteiger partial charge on any atom is 0.257 e. The van der Waals surface area contributed by atoms with E-state index in [-0.39, 0.29) is 24.6 Å². The number of aliphatic hydroxyl groups excluding tert-OH is 1. The first-order valence-corrected chi connectivity index (χ1v) is 12.5. The zero-order valence-corrected chi connectivity index (χ0v) is 21.7. The summed E-state index contributed by atoms with van der Waals surface area (Å²) in [5.41, 5.74) is 2.37. The molecule has 0 spiro atoms. The number of rotatable bonds is 8. The van der Waals surface area contributed by atoms with Gasteiger partial charge < -0.3 is 24.3 Å². The number of amides is 2. The second-order valence-corrected chi connectivity index (χ2v) is 9.94. The van der Waals surface area contributed by atoms with E-state index in [9.17, 15) is 19.5 Å². The molecular formula is C28H27ClN4O5. The summed E-state index contributed by atoms with van der Waals surface area (Å²) in [4.78, 5) is 42.8. The molecule has 2 aromatic carbocycles. The highest BCUT2D eigenvalue weighted by molar-refractivity contribution is 6.30. The predicted molar refractivity (Wildman–Crippen MR) is 144 cm³/mol. The molecule has 0 saturated heterocycles. The molecule has 10 heteroatoms. The normalized spacial score (nSPS) is 13.8. The zero-order valence-electron chi connectivity index (χ0n) is 21.0. The second-order valence-electron chi connectivity index (χ2n) is 9.50. The van der Waals surface area contributed by atoms with Gasteiger partial charge in [0.25, 0.3) is 5.91 Å². The van der Waals surface area contributed by atoms with E-state index in [1.54, 1.807) is 54.1 Å². The molecule has 0 saturated carbocycles. The number of anilines is 1. The largest absolute Gasteiger partial charge is 0.467 e. The molecule has 38 heavy (non-hydrogen) atoms. The minimum absolute atomic E-state index is 0.0202. The van der Waals surface area contributed by atoms with E-state index in [0.717, 1.165) is 11.1 Å². The Kier molecular flexibility index (Phi) is 7.07. The Hall–Kier alpha value is -3.92. The van der Waals surface area contributed by atoms with Gasteiger partial charge in [0.1, 0.15) is 24.0 Å². The molecule has 1 aliphatic rings. The summed E-state index contributed by atoms with van der Waals surface area (Å²) in [6.45, 7) is 0.942. The van der Waals surface area contributed by atoms with Gasteiger partial charge in [-0.05, 0) is 54.6 Å². The van der Waals surface area contributed by atoms with Crippen molar-refractivity contribution < 1.29 is 19.1 Å². The van der Waals surface area contributed by atoms with Gasteiger partial charge in [0, 0.05) is 43.3 Å². The lowest BCUT2D eigenvalue weighted by atomic mass is 10.0. The predicted octanol–water partition coefficient (Wildman–Crippen LogP) is 3.32. The third-order valence-electron chi connectivity index (χ3n) is 6.67. The quantitative estimate of drug-likeness (QED) is 0.359. The van der Waals surface area contributed by atoms with Crippen LogP contribution < -0.4 is 15.6 Å². The van der Waals surface area contributed by atoms with Crippen molar-refractivity contribution in [2.24, 2.45) is 0 Å². The number of aromatic nitrogens is 1. The van der Waals surface area contributed by atoms with E-state index >= 15 is 0 Å². The number of pyridine rings is 1. The van der Waals surface area contributed by atoms with Crippen molar-refractivity contribution in [3.8, 4) is 0 Å². The standard InChI is InChI=1S/C28H27ClN4O5/c1-31(15-23(34)24-4-3-9-38-24)13-18-10-20-26-22(11-18)32(2)25(35)16-33(26)14-21(27(20)36)28(37)30-12-17-5-7-19(29)8-6-17/h3-11,14,23,34H,12-13,15-16H2,1-2H3,(H,30,37)/t23-/m0/s1. The van der Waals surface area contributed by atoms with Crippen LogP contribution in [0.3, 0.4) is 0 Å². The summed E-state index contributed by atoms with van der Waals surface area (Å²) < 4.78 is 6.95. The molecule has 1 atom stereocenters. The van der Waals surface area contributed by atoms with Crippen LogP contribution in [0.1, 0.15) is 33.3 Å². The number of hydrogen-bond acceptors (Lipinski definition) is 6. The summed E-state index contributed by atoms with van der Waals surface area (Å²) in [5.74, 6) is -0.214. The van der Waals surface area contributed by atoms with Gasteiger partial charge in [-0.15, -0.1) is 0 Å². The van der Waals surface area contributed by atoms with Crippen LogP contribution in [-0.4, -0.2) is 47.0 Å². The van der Waals surface area contributed by atoms with E-state index in [1.807, 2.05) is 18.0 Å². The number of furan rings is 1. The average molecular weight is 535 g/mol. The van der Waals surface area contributed by atoms with Gasteiger partial charge in [0.05, 0.1) is 17.5 Å². The van der Waals surface area contributed by atoms with E-state index < -0.39 is 17.4 Å². The molecule has 3 heterocycles. The molecule has 0 bridgehead atoms. The van der Waals surface area contributed by atoms with E-state index in [1.165, 1.54) is 17.4 Å². The molecule has 2 N–H and O–H groups in total. The van der Waals surface area contributed by atoms with E-state index in [2.05, 4.69) is 5.32 Å². The number of carbonyl (C=O) groups excluding carboxylic acids is 2. The minimum atomic E-state index is -0.814. The van der Waals surface area contributed by atoms with Crippen molar-refractivity contribution in [2.75, 3.05) is 25.5 Å². The van der Waals surface area contributed by atoms with Crippen LogP contribution in [0.15, 0.2) is 70.2 Å². The third-order valence-corrected chi connectivity index (χ3v) is 6.92. The SMILES string of the molecule is CN(Cc1cc2c3c(c1)c(=O)c(C(=O)NCc1ccc(Cl)cc1)cn3CC(=O)N2C)C[C@H](O)c1ccco1. The lowest BCUT2D eigenvalue weighted by Crippen LogP contribution is -2.37. The number of likely N-dealkylation sites (N-methyl/N-ethyl adjacent to an activating group) is 2. The molecule has 0 fully saturated rings. The highest BCUT2D eigenvalue weighted by Crippen LogP contribution is 2.31. The third kappa shape index (κ3) is 5.08. The van der Waals surface area contributed by atoms with Gasteiger partial charge in [-0.3, -0.25) is 19.3 Å². The number of hydrogen-bond donors (Lipinski definition) is 2. The fourth-order valence-corrected chi connectivity index (χ4v) is 4.84. The average Bonchev–Trinajstić information content (AvgIpc) is 3.43. The summed E-state index contributed by atoms with van der Waals surface area (Å²) in [6.07, 6.45) is 2.15. The van der Waals surface area contributed by atoms with Crippen LogP contribution in [0.2, 0.25) is 5.02 Å². The Morgan fingerprint density at radius 2 is 1.95 bits per heavy atom. The first-order valence-electron chi connectivity index (χ1n) is 12.1. The number of benzene rings is 2. The first kappa shape index (κ1) is 25.7. The molecule has 0 unspecified atom stereocenters. The Morgan fingerprint density at radius 3 is 2.66 bits per heavy atom. The first-order chi connectivity index (χ1) is 18.2. The van der Waals surface area contributed by atoms with Gasteiger partial charge in [-0.25, -0.2) is 0 Å². The van der Waals surface area contributed by atoms with Crippen LogP contribution in [0.5, 0.6) is 0 Å². The Bertz CT molecular complexity index is 1560. The van der Waals surface area contributed by atoms with Gasteiger partial charge in [0.2, 0.25) is 11.3 Å². The van der Waals surface area contributed by atoms with Gasteiger partial charge >= 0.3 is 0 Å². The van der Waals surface area contributed by atoms with Crippen LogP contribution >= 0.6 is 11.6 Å². The van der Waals surface area contributed by atoms with Crippen molar-refractivity contribution >= 4 is 40.0 Å². The Balaban J connectivity index is 1.47. The summed E-state index contributed by atoms with van der Waals surface area (Å²) in [5, 5.41) is 14.2. The highest BCUT2D eigenvalue weighted by Gasteiger charge is 2.27. The van der Waals surface area contributed by atoms with Gasteiger partial charge in [-0.2, -0.15) is 0 Å². The molecule has 1 aliphatic heterocycles. The van der Waals surface area contributed by atoms with E-state index in [0.29, 0.717) is 40.5 Å². The van der Waals surface area contributed by atoms with Crippen molar-refractivity contribution in [3.63, 3.8) is 0 Å². The monoisotopic (exact) mass is 534 g/mol. The maximum absolute atomic E-state index is 13.6. The molecule has 2 amide bonds. The number of carbonyl (C=O) groups is 2. The summed E-state index contributed by atoms with van der Waals surface area (Å²) in [7, 11) is 3.52. The lowest BCUT2D eigenvalue weighted by molar-refractivity contribution is -0.119. The molecule has 196 valence electrons. The smallest absolute Gasteiger partial charge is 0.257 e. The molecule has 0 aliphatic carbocycles. The molecule has 5 rings (SSSR count). The van der Waals surface area contributed by atoms with Crippen LogP contribution in [0.25, 0.3) is 10.9 Å². The zero-order chi connectivity index (χ0) is 27.0. The number of nitrogens with one attached hydrogen (secondary N) is 1. The fraction of sp³-hybridized carbons (Fsp3) is 0.250. The maximum atomic E-state index is 13.6. The van der Waals surface area contributed by atoms with Crippen molar-refractivity contribution in [3.05, 3.63) is 98.7 Å². The molecule has 2 aromatic heterocycles. The van der Waals surface area contributed by atoms with Gasteiger partial charge in [-0.1, -0.05) is 23.7 Å². The van der Waals surface area contributed by atoms with Gasteiger partial charge in [0.15, 0.2) is 0 Å². The molecular weight excluding hydrogens is 508 g/mol. The fourth-order valence-electron chi connectivity index (χ4n) is 4.72. The van der Waals surface area contributed by atoms with Crippen LogP contribution in [0.4, 0.5) is 5.69 Å². The number of aliphatic hydroxyl groups is 1. The minimum Gasteiger partial charge on any atom is -0.467 e. The highest BCUT2D eigenvalue weighted by atomic mass is 35.5. The summed E-state index contributed by atoms with van der Waals surface area (Å²) >= 11 is 5.93. The van der Waals surface area contributed by atoms with Crippen molar-refractivity contribution in [1.29, 1.82) is 0 Å². The Morgan fingerprint density at radius 1 is 1.18 bits per heavy atom. The Labute approximate surface area is 223 Å². The second kappa shape index (κ2) is 10.4. The number of halogens is 1. The van der Waals surface area contributed by atoms with Crippen molar-refractivity contribution in [2.45, 2.75) is 25.7 Å². The lowest BCUT2D eigenvalue weighted by Gasteiger charge is -2.29. The summed E-state index contributed by atoms with van der Waals surface area (Å²) in [6, 6.07) is 14.1. The van der Waals surface area contributed by atoms with E-state index in [4.69, 9.17) is 16.0 Å². The number of nitrogens with zero attached hydrogens (tertiary/aromatic N) is 3. The molecule has 9 nitrogen and oxygen atoms in total. The van der Waals surface area contributed by atoms with Crippen LogP contribution in [0, 0.1) is 0 Å². The topological polar surface area (TPSA) is 108 Å². The molecule has 0 radical (unpaired) electrons.